The zero-order valence-electron chi connectivity index (χ0n) is 17.9. The van der Waals surface area contributed by atoms with E-state index in [9.17, 15) is 4.79 Å². The molecular formula is C23H27N3O4. The van der Waals surface area contributed by atoms with Gasteiger partial charge in [0.15, 0.2) is 0 Å². The lowest BCUT2D eigenvalue weighted by Crippen LogP contribution is -2.16. The molecule has 0 aliphatic heterocycles. The Bertz CT molecular complexity index is 1000. The number of carbonyl (C=O) groups is 1. The normalized spacial score (nSPS) is 10.7. The smallest absolute Gasteiger partial charge is 0.263 e. The molecule has 1 heterocycles. The van der Waals surface area contributed by atoms with Crippen molar-refractivity contribution in [3.05, 3.63) is 53.7 Å². The third-order valence-corrected chi connectivity index (χ3v) is 4.71. The van der Waals surface area contributed by atoms with Crippen molar-refractivity contribution in [2.45, 2.75) is 20.3 Å². The van der Waals surface area contributed by atoms with Crippen LogP contribution in [-0.2, 0) is 6.42 Å². The Morgan fingerprint density at radius 2 is 1.57 bits per heavy atom. The summed E-state index contributed by atoms with van der Waals surface area (Å²) in [6.45, 7) is 4.22. The van der Waals surface area contributed by atoms with Gasteiger partial charge in [-0.25, -0.2) is 0 Å². The Balaban J connectivity index is 2.09. The van der Waals surface area contributed by atoms with Gasteiger partial charge in [0, 0.05) is 5.56 Å². The topological polar surface area (TPSA) is 85.5 Å². The van der Waals surface area contributed by atoms with E-state index in [0.717, 1.165) is 17.7 Å². The highest BCUT2D eigenvalue weighted by molar-refractivity contribution is 6.10. The van der Waals surface area contributed by atoms with Gasteiger partial charge < -0.3 is 19.5 Å². The van der Waals surface area contributed by atoms with Crippen molar-refractivity contribution in [2.24, 2.45) is 5.92 Å². The van der Waals surface area contributed by atoms with Crippen molar-refractivity contribution in [1.29, 1.82) is 0 Å². The van der Waals surface area contributed by atoms with Gasteiger partial charge in [-0.2, -0.15) is 5.10 Å². The van der Waals surface area contributed by atoms with Crippen LogP contribution in [0.2, 0.25) is 0 Å². The molecule has 30 heavy (non-hydrogen) atoms. The Labute approximate surface area is 176 Å². The van der Waals surface area contributed by atoms with E-state index < -0.39 is 0 Å². The van der Waals surface area contributed by atoms with Crippen LogP contribution in [0.15, 0.2) is 42.5 Å². The number of benzene rings is 2. The first-order valence-electron chi connectivity index (χ1n) is 9.73. The fourth-order valence-corrected chi connectivity index (χ4v) is 3.35. The Kier molecular flexibility index (Phi) is 6.61. The van der Waals surface area contributed by atoms with Crippen LogP contribution in [0, 0.1) is 5.92 Å². The molecule has 0 fully saturated rings. The lowest BCUT2D eigenvalue weighted by Gasteiger charge is -2.15. The van der Waals surface area contributed by atoms with Gasteiger partial charge in [-0.05, 0) is 36.6 Å². The summed E-state index contributed by atoms with van der Waals surface area (Å²) in [4.78, 5) is 13.3. The molecule has 3 aromatic rings. The summed E-state index contributed by atoms with van der Waals surface area (Å²) in [5.41, 5.74) is 3.18. The van der Waals surface area contributed by atoms with Gasteiger partial charge in [0.2, 0.25) is 0 Å². The molecule has 0 atom stereocenters. The van der Waals surface area contributed by atoms with Crippen molar-refractivity contribution < 1.29 is 19.0 Å². The number of ether oxygens (including phenoxy) is 3. The van der Waals surface area contributed by atoms with Crippen molar-refractivity contribution in [3.8, 4) is 28.5 Å². The first kappa shape index (κ1) is 21.2. The summed E-state index contributed by atoms with van der Waals surface area (Å²) in [7, 11) is 4.65. The van der Waals surface area contributed by atoms with E-state index in [1.165, 1.54) is 14.2 Å². The van der Waals surface area contributed by atoms with E-state index in [1.807, 2.05) is 24.3 Å². The van der Waals surface area contributed by atoms with Gasteiger partial charge in [0.25, 0.3) is 5.91 Å². The van der Waals surface area contributed by atoms with Gasteiger partial charge in [-0.3, -0.25) is 9.89 Å². The number of para-hydroxylation sites is 1. The highest BCUT2D eigenvalue weighted by Gasteiger charge is 2.24. The molecule has 0 saturated carbocycles. The molecule has 0 aliphatic rings. The largest absolute Gasteiger partial charge is 0.496 e. The molecule has 0 radical (unpaired) electrons. The minimum atomic E-state index is -0.341. The molecule has 7 heteroatoms. The maximum atomic E-state index is 13.3. The zero-order valence-corrected chi connectivity index (χ0v) is 17.9. The SMILES string of the molecule is COc1ccccc1-c1n[nH]c(CC(C)C)c1NC(=O)c1c(OC)cccc1OC. The second-order valence-electron chi connectivity index (χ2n) is 7.22. The van der Waals surface area contributed by atoms with Crippen molar-refractivity contribution in [3.63, 3.8) is 0 Å². The number of aromatic nitrogens is 2. The van der Waals surface area contributed by atoms with Crippen LogP contribution in [-0.4, -0.2) is 37.4 Å². The maximum Gasteiger partial charge on any atom is 0.263 e. The number of hydrogen-bond donors (Lipinski definition) is 2. The third kappa shape index (κ3) is 4.25. The average molecular weight is 409 g/mol. The van der Waals surface area contributed by atoms with E-state index in [4.69, 9.17) is 14.2 Å². The summed E-state index contributed by atoms with van der Waals surface area (Å²) >= 11 is 0. The number of H-pyrrole nitrogens is 1. The minimum Gasteiger partial charge on any atom is -0.496 e. The van der Waals surface area contributed by atoms with Crippen LogP contribution >= 0.6 is 0 Å². The molecule has 1 amide bonds. The van der Waals surface area contributed by atoms with Crippen molar-refractivity contribution in [1.82, 2.24) is 10.2 Å². The average Bonchev–Trinajstić information content (AvgIpc) is 3.13. The Hall–Kier alpha value is -3.48. The molecule has 7 nitrogen and oxygen atoms in total. The van der Waals surface area contributed by atoms with Crippen LogP contribution in [0.4, 0.5) is 5.69 Å². The van der Waals surface area contributed by atoms with Gasteiger partial charge in [-0.15, -0.1) is 0 Å². The Morgan fingerprint density at radius 3 is 2.17 bits per heavy atom. The fraction of sp³-hybridized carbons (Fsp3) is 0.304. The molecule has 0 unspecified atom stereocenters. The quantitative estimate of drug-likeness (QED) is 0.570. The number of hydrogen-bond acceptors (Lipinski definition) is 5. The number of methoxy groups -OCH3 is 3. The van der Waals surface area contributed by atoms with Crippen molar-refractivity contribution >= 4 is 11.6 Å². The molecule has 2 N–H and O–H groups in total. The van der Waals surface area contributed by atoms with Crippen LogP contribution in [0.25, 0.3) is 11.3 Å². The number of nitrogens with zero attached hydrogens (tertiary/aromatic N) is 1. The second-order valence-corrected chi connectivity index (χ2v) is 7.22. The summed E-state index contributed by atoms with van der Waals surface area (Å²) in [5.74, 6) is 1.56. The van der Waals surface area contributed by atoms with Crippen LogP contribution in [0.3, 0.4) is 0 Å². The van der Waals surface area contributed by atoms with E-state index in [2.05, 4.69) is 29.4 Å². The van der Waals surface area contributed by atoms with E-state index in [-0.39, 0.29) is 5.91 Å². The molecule has 0 saturated heterocycles. The second kappa shape index (κ2) is 9.35. The summed E-state index contributed by atoms with van der Waals surface area (Å²) in [6, 6.07) is 12.8. The summed E-state index contributed by atoms with van der Waals surface area (Å²) < 4.78 is 16.3. The molecule has 158 valence electrons. The number of aromatic amines is 1. The number of carbonyl (C=O) groups excluding carboxylic acids is 1. The van der Waals surface area contributed by atoms with E-state index in [0.29, 0.717) is 40.1 Å². The number of anilines is 1. The molecular weight excluding hydrogens is 382 g/mol. The highest BCUT2D eigenvalue weighted by Crippen LogP contribution is 2.37. The lowest BCUT2D eigenvalue weighted by molar-refractivity contribution is 0.102. The van der Waals surface area contributed by atoms with Gasteiger partial charge in [0.05, 0.1) is 32.7 Å². The van der Waals surface area contributed by atoms with E-state index in [1.54, 1.807) is 25.3 Å². The molecule has 0 aliphatic carbocycles. The van der Waals surface area contributed by atoms with Gasteiger partial charge in [-0.1, -0.05) is 32.0 Å². The molecule has 3 rings (SSSR count). The maximum absolute atomic E-state index is 13.3. The first-order valence-corrected chi connectivity index (χ1v) is 9.73. The van der Waals surface area contributed by atoms with Gasteiger partial charge >= 0.3 is 0 Å². The monoisotopic (exact) mass is 409 g/mol. The zero-order chi connectivity index (χ0) is 21.7. The summed E-state index contributed by atoms with van der Waals surface area (Å²) in [6.07, 6.45) is 0.723. The number of rotatable bonds is 8. The van der Waals surface area contributed by atoms with E-state index >= 15 is 0 Å². The molecule has 0 bridgehead atoms. The number of amides is 1. The van der Waals surface area contributed by atoms with Gasteiger partial charge in [0.1, 0.15) is 28.5 Å². The molecule has 2 aromatic carbocycles. The summed E-state index contributed by atoms with van der Waals surface area (Å²) in [5, 5.41) is 10.6. The number of nitrogens with one attached hydrogen (secondary N) is 2. The highest BCUT2D eigenvalue weighted by atomic mass is 16.5. The predicted molar refractivity (Wildman–Crippen MR) is 117 cm³/mol. The third-order valence-electron chi connectivity index (χ3n) is 4.71. The van der Waals surface area contributed by atoms with Crippen LogP contribution in [0.1, 0.15) is 29.9 Å². The molecule has 1 aromatic heterocycles. The lowest BCUT2D eigenvalue weighted by atomic mass is 10.0. The first-order chi connectivity index (χ1) is 14.5. The standard InChI is InChI=1S/C23H27N3O4/c1-14(2)13-16-22(21(26-25-16)15-9-6-7-10-17(15)28-3)24-23(27)20-18(29-4)11-8-12-19(20)30-5/h6-12,14H,13H2,1-5H3,(H,24,27)(H,25,26). The molecule has 0 spiro atoms. The minimum absolute atomic E-state index is 0.324. The predicted octanol–water partition coefficient (Wildman–Crippen LogP) is 4.55. The van der Waals surface area contributed by atoms with Crippen LogP contribution in [0.5, 0.6) is 17.2 Å². The van der Waals surface area contributed by atoms with Crippen LogP contribution < -0.4 is 19.5 Å². The Morgan fingerprint density at radius 1 is 0.967 bits per heavy atom. The fourth-order valence-electron chi connectivity index (χ4n) is 3.35. The van der Waals surface area contributed by atoms with Crippen molar-refractivity contribution in [2.75, 3.05) is 26.6 Å².